The minimum atomic E-state index is 1.19. The number of nitrogens with zero attached hydrogens (tertiary/aromatic N) is 3. The van der Waals surface area contributed by atoms with Gasteiger partial charge in [0.25, 0.3) is 11.4 Å². The lowest BCUT2D eigenvalue weighted by molar-refractivity contribution is 0.686. The van der Waals surface area contributed by atoms with Gasteiger partial charge in [-0.25, -0.2) is 0 Å². The number of aromatic nitrogens is 2. The Labute approximate surface area is 297 Å². The van der Waals surface area contributed by atoms with E-state index in [-0.39, 0.29) is 0 Å². The van der Waals surface area contributed by atoms with E-state index in [0.29, 0.717) is 0 Å². The maximum absolute atomic E-state index is 2.59. The molecule has 0 fully saturated rings. The molecule has 0 spiro atoms. The predicted octanol–water partition coefficient (Wildman–Crippen LogP) is 12.2. The molecule has 0 amide bonds. The molecule has 52 heavy (non-hydrogen) atoms. The second kappa shape index (κ2) is 9.42. The van der Waals surface area contributed by atoms with Gasteiger partial charge in [0.05, 0.1) is 22.1 Å². The van der Waals surface area contributed by atoms with Crippen molar-refractivity contribution in [3.05, 3.63) is 181 Å². The van der Waals surface area contributed by atoms with Crippen LogP contribution in [0, 0.1) is 0 Å². The van der Waals surface area contributed by atoms with Crippen molar-refractivity contribution in [2.75, 3.05) is 0 Å². The third kappa shape index (κ3) is 3.12. The molecule has 0 unspecified atom stereocenters. The molecule has 12 aromatic rings. The molecule has 0 atom stereocenters. The third-order valence-electron chi connectivity index (χ3n) is 11.8. The van der Waals surface area contributed by atoms with Crippen molar-refractivity contribution in [2.45, 2.75) is 0 Å². The fourth-order valence-corrected chi connectivity index (χ4v) is 9.69. The standard InChI is InChI=1S/C49H28N3/c1-2-14-30(15-3-1)46-45-33-18-7-6-13-29(33)25-26-41(45)52(46)51-40-24-11-10-21-37(40)43-34-19-8-9-20-35(34)44-38-23-12-22-36-39-27-31-16-4-5-17-32(31)28-42(39)50(47(36)38)48(44)49(43)51/h1-28H/q+1. The van der Waals surface area contributed by atoms with Crippen molar-refractivity contribution in [2.24, 2.45) is 0 Å². The van der Waals surface area contributed by atoms with Gasteiger partial charge < -0.3 is 4.40 Å². The van der Waals surface area contributed by atoms with E-state index in [9.17, 15) is 0 Å². The Hall–Kier alpha value is -6.97. The monoisotopic (exact) mass is 658 g/mol. The summed E-state index contributed by atoms with van der Waals surface area (Å²) in [6, 6.07) is 62.8. The van der Waals surface area contributed by atoms with Crippen molar-refractivity contribution in [1.82, 2.24) is 13.8 Å². The zero-order valence-corrected chi connectivity index (χ0v) is 28.0. The van der Waals surface area contributed by atoms with Crippen molar-refractivity contribution >= 4 is 104 Å². The highest BCUT2D eigenvalue weighted by atomic mass is 15.5. The molecule has 0 aliphatic carbocycles. The number of hydrogen-bond donors (Lipinski definition) is 0. The first kappa shape index (κ1) is 26.8. The SMILES string of the molecule is c1ccc(C2=[N+](n3c4ccccc4c4c5ccccc5c5c6cccc7c8cc9ccccc9cc8n(c76)c5c43)c3ccc4ccccc4c32)cc1. The van der Waals surface area contributed by atoms with E-state index in [2.05, 4.69) is 184 Å². The number of para-hydroxylation sites is 2. The van der Waals surface area contributed by atoms with Crippen LogP contribution in [0.25, 0.3) is 92.2 Å². The summed E-state index contributed by atoms with van der Waals surface area (Å²) >= 11 is 0. The van der Waals surface area contributed by atoms with E-state index in [1.807, 2.05) is 0 Å². The fourth-order valence-electron chi connectivity index (χ4n) is 9.69. The van der Waals surface area contributed by atoms with Gasteiger partial charge in [0.15, 0.2) is 0 Å². The highest BCUT2D eigenvalue weighted by Crippen LogP contribution is 2.49. The van der Waals surface area contributed by atoms with E-state index < -0.39 is 0 Å². The quantitative estimate of drug-likeness (QED) is 0.164. The Morgan fingerprint density at radius 3 is 1.79 bits per heavy atom. The van der Waals surface area contributed by atoms with Gasteiger partial charge in [0, 0.05) is 43.8 Å². The average molecular weight is 659 g/mol. The first-order valence-electron chi connectivity index (χ1n) is 18.0. The Morgan fingerprint density at radius 1 is 0.365 bits per heavy atom. The van der Waals surface area contributed by atoms with Gasteiger partial charge in [-0.15, -0.1) is 4.68 Å². The van der Waals surface area contributed by atoms with Crippen LogP contribution in [-0.2, 0) is 0 Å². The lowest BCUT2D eigenvalue weighted by atomic mass is 9.90. The van der Waals surface area contributed by atoms with Gasteiger partial charge in [0.1, 0.15) is 16.6 Å². The van der Waals surface area contributed by atoms with Gasteiger partial charge >= 0.3 is 0 Å². The summed E-state index contributed by atoms with van der Waals surface area (Å²) in [5.74, 6) is 0. The number of hydrogen-bond acceptors (Lipinski definition) is 0. The molecule has 4 heterocycles. The summed E-state index contributed by atoms with van der Waals surface area (Å²) < 4.78 is 7.63. The Bertz CT molecular complexity index is 3560. The van der Waals surface area contributed by atoms with Crippen LogP contribution >= 0.6 is 0 Å². The largest absolute Gasteiger partial charge is 0.306 e. The van der Waals surface area contributed by atoms with Gasteiger partial charge in [-0.3, -0.25) is 0 Å². The molecule has 3 aromatic heterocycles. The second-order valence-corrected chi connectivity index (χ2v) is 14.3. The molecule has 1 aliphatic rings. The van der Waals surface area contributed by atoms with Crippen molar-refractivity contribution < 1.29 is 0 Å². The highest BCUT2D eigenvalue weighted by Gasteiger charge is 2.43. The number of benzene rings is 9. The van der Waals surface area contributed by atoms with Crippen molar-refractivity contribution in [1.29, 1.82) is 0 Å². The minimum absolute atomic E-state index is 1.19. The van der Waals surface area contributed by atoms with E-state index in [4.69, 9.17) is 0 Å². The van der Waals surface area contributed by atoms with Gasteiger partial charge in [0.2, 0.25) is 0 Å². The summed E-state index contributed by atoms with van der Waals surface area (Å²) in [6.45, 7) is 0. The van der Waals surface area contributed by atoms with Crippen LogP contribution in [0.2, 0.25) is 0 Å². The normalized spacial score (nSPS) is 13.3. The van der Waals surface area contributed by atoms with Gasteiger partial charge in [-0.1, -0.05) is 132 Å². The molecule has 0 saturated carbocycles. The third-order valence-corrected chi connectivity index (χ3v) is 11.8. The fraction of sp³-hybridized carbons (Fsp3) is 0. The molecule has 1 aliphatic heterocycles. The Morgan fingerprint density at radius 2 is 0.981 bits per heavy atom. The van der Waals surface area contributed by atoms with Crippen LogP contribution in [0.3, 0.4) is 0 Å². The molecule has 0 N–H and O–H groups in total. The molecular weight excluding hydrogens is 631 g/mol. The molecular formula is C49H28N3+. The Balaban J connectivity index is 1.33. The van der Waals surface area contributed by atoms with E-state index >= 15 is 0 Å². The van der Waals surface area contributed by atoms with E-state index in [0.717, 1.165) is 0 Å². The minimum Gasteiger partial charge on any atom is -0.306 e. The van der Waals surface area contributed by atoms with Crippen LogP contribution in [0.15, 0.2) is 170 Å². The smallest absolute Gasteiger partial charge is 0.258 e. The van der Waals surface area contributed by atoms with Gasteiger partial charge in [-0.2, -0.15) is 0 Å². The van der Waals surface area contributed by atoms with Crippen LogP contribution in [0.1, 0.15) is 11.1 Å². The predicted molar refractivity (Wildman–Crippen MR) is 220 cm³/mol. The maximum atomic E-state index is 2.59. The van der Waals surface area contributed by atoms with E-state index in [1.165, 1.54) is 115 Å². The second-order valence-electron chi connectivity index (χ2n) is 14.3. The highest BCUT2D eigenvalue weighted by molar-refractivity contribution is 6.39. The molecule has 3 heteroatoms. The summed E-state index contributed by atoms with van der Waals surface area (Å²) in [5.41, 5.74) is 11.2. The first-order valence-corrected chi connectivity index (χ1v) is 18.0. The zero-order valence-electron chi connectivity index (χ0n) is 28.0. The van der Waals surface area contributed by atoms with Crippen LogP contribution in [-0.4, -0.2) is 14.8 Å². The summed E-state index contributed by atoms with van der Waals surface area (Å²) in [5, 5.41) is 15.4. The molecule has 3 nitrogen and oxygen atoms in total. The maximum Gasteiger partial charge on any atom is 0.258 e. The van der Waals surface area contributed by atoms with Crippen molar-refractivity contribution in [3.63, 3.8) is 0 Å². The molecule has 13 rings (SSSR count). The lowest BCUT2D eigenvalue weighted by Crippen LogP contribution is -2.37. The van der Waals surface area contributed by atoms with Crippen LogP contribution < -0.4 is 4.68 Å². The van der Waals surface area contributed by atoms with Crippen LogP contribution in [0.4, 0.5) is 5.69 Å². The van der Waals surface area contributed by atoms with E-state index in [1.54, 1.807) is 0 Å². The topological polar surface area (TPSA) is 12.3 Å². The average Bonchev–Trinajstić information content (AvgIpc) is 3.83. The number of rotatable bonds is 2. The van der Waals surface area contributed by atoms with Gasteiger partial charge in [-0.05, 0) is 63.3 Å². The molecule has 238 valence electrons. The first-order chi connectivity index (χ1) is 25.8. The molecule has 0 radical (unpaired) electrons. The number of fused-ring (bicyclic) bond motifs is 17. The molecule has 0 saturated heterocycles. The van der Waals surface area contributed by atoms with Crippen LogP contribution in [0.5, 0.6) is 0 Å². The molecule has 0 bridgehead atoms. The summed E-state index contributed by atoms with van der Waals surface area (Å²) in [6.07, 6.45) is 0. The summed E-state index contributed by atoms with van der Waals surface area (Å²) in [4.78, 5) is 0. The van der Waals surface area contributed by atoms with Crippen molar-refractivity contribution in [3.8, 4) is 0 Å². The zero-order chi connectivity index (χ0) is 33.7. The lowest BCUT2D eigenvalue weighted by Gasteiger charge is -2.22. The summed E-state index contributed by atoms with van der Waals surface area (Å²) in [7, 11) is 0. The molecule has 9 aromatic carbocycles. The Kier molecular flexibility index (Phi) is 4.86.